The summed E-state index contributed by atoms with van der Waals surface area (Å²) in [6, 6.07) is 0.410. The van der Waals surface area contributed by atoms with Crippen LogP contribution in [0.25, 0.3) is 0 Å². The fraction of sp³-hybridized carbons (Fsp3) is 0.786. The van der Waals surface area contributed by atoms with Crippen molar-refractivity contribution >= 4 is 22.9 Å². The molecule has 1 atom stereocenters. The summed E-state index contributed by atoms with van der Waals surface area (Å²) in [6.45, 7) is 9.14. The van der Waals surface area contributed by atoms with Crippen molar-refractivity contribution in [1.29, 1.82) is 0 Å². The molecule has 1 aliphatic rings. The summed E-state index contributed by atoms with van der Waals surface area (Å²) >= 11 is 7.56. The van der Waals surface area contributed by atoms with Gasteiger partial charge in [0.05, 0.1) is 17.6 Å². The van der Waals surface area contributed by atoms with Crippen molar-refractivity contribution in [2.75, 3.05) is 53.4 Å². The van der Waals surface area contributed by atoms with E-state index < -0.39 is 0 Å². The van der Waals surface area contributed by atoms with Gasteiger partial charge in [0, 0.05) is 44.6 Å². The second-order valence-electron chi connectivity index (χ2n) is 5.67. The van der Waals surface area contributed by atoms with Gasteiger partial charge in [-0.05, 0) is 21.0 Å². The smallest absolute Gasteiger partial charge is 0.110 e. The highest BCUT2D eigenvalue weighted by Gasteiger charge is 2.23. The molecule has 1 saturated heterocycles. The minimum absolute atomic E-state index is 0.410. The van der Waals surface area contributed by atoms with Crippen LogP contribution in [-0.4, -0.2) is 73.0 Å². The molecule has 2 heterocycles. The Morgan fingerprint density at radius 2 is 2.05 bits per heavy atom. The van der Waals surface area contributed by atoms with Crippen molar-refractivity contribution in [3.63, 3.8) is 0 Å². The predicted octanol–water partition coefficient (Wildman–Crippen LogP) is 2.12. The van der Waals surface area contributed by atoms with E-state index in [1.54, 1.807) is 11.3 Å². The van der Waals surface area contributed by atoms with Gasteiger partial charge in [-0.2, -0.15) is 0 Å². The van der Waals surface area contributed by atoms with Gasteiger partial charge in [-0.15, -0.1) is 22.9 Å². The summed E-state index contributed by atoms with van der Waals surface area (Å²) < 4.78 is 0. The number of halogens is 1. The first kappa shape index (κ1) is 16.2. The number of piperazine rings is 1. The largest absolute Gasteiger partial charge is 0.308 e. The maximum Gasteiger partial charge on any atom is 0.110 e. The average Bonchev–Trinajstić information content (AvgIpc) is 2.94. The number of nitrogens with zero attached hydrogens (tertiary/aromatic N) is 4. The third kappa shape index (κ3) is 4.40. The van der Waals surface area contributed by atoms with Gasteiger partial charge in [0.25, 0.3) is 0 Å². The molecule has 1 aromatic heterocycles. The van der Waals surface area contributed by atoms with Crippen LogP contribution in [0.5, 0.6) is 0 Å². The van der Waals surface area contributed by atoms with Crippen molar-refractivity contribution in [2.24, 2.45) is 0 Å². The zero-order valence-corrected chi connectivity index (χ0v) is 14.3. The van der Waals surface area contributed by atoms with Gasteiger partial charge in [0.1, 0.15) is 5.01 Å². The number of rotatable bonds is 6. The number of aromatic nitrogens is 1. The standard InChI is InChI=1S/C14H25ClN4S/c1-12(14-16-13(10-15)11-20-14)19-8-6-18(7-9-19)5-4-17(2)3/h11-12H,4-10H2,1-3H3. The SMILES string of the molecule is CC(c1nc(CCl)cs1)N1CCN(CCN(C)C)CC1. The summed E-state index contributed by atoms with van der Waals surface area (Å²) in [7, 11) is 4.27. The summed E-state index contributed by atoms with van der Waals surface area (Å²) in [5.41, 5.74) is 1.00. The van der Waals surface area contributed by atoms with Crippen LogP contribution >= 0.6 is 22.9 Å². The molecule has 2 rings (SSSR count). The van der Waals surface area contributed by atoms with Crippen LogP contribution in [0, 0.1) is 0 Å². The third-order valence-corrected chi connectivity index (χ3v) is 5.22. The highest BCUT2D eigenvalue weighted by atomic mass is 35.5. The van der Waals surface area contributed by atoms with E-state index in [2.05, 4.69) is 46.1 Å². The van der Waals surface area contributed by atoms with Gasteiger partial charge in [-0.3, -0.25) is 9.80 Å². The predicted molar refractivity (Wildman–Crippen MR) is 86.7 cm³/mol. The van der Waals surface area contributed by atoms with Gasteiger partial charge in [-0.1, -0.05) is 0 Å². The third-order valence-electron chi connectivity index (χ3n) is 3.88. The van der Waals surface area contributed by atoms with E-state index in [1.165, 1.54) is 11.6 Å². The lowest BCUT2D eigenvalue weighted by atomic mass is 10.2. The second-order valence-corrected chi connectivity index (χ2v) is 6.82. The fourth-order valence-corrected chi connectivity index (χ4v) is 3.58. The monoisotopic (exact) mass is 316 g/mol. The van der Waals surface area contributed by atoms with Crippen LogP contribution in [-0.2, 0) is 5.88 Å². The zero-order chi connectivity index (χ0) is 14.5. The van der Waals surface area contributed by atoms with Gasteiger partial charge in [0.2, 0.25) is 0 Å². The number of hydrogen-bond donors (Lipinski definition) is 0. The summed E-state index contributed by atoms with van der Waals surface area (Å²) in [5, 5.41) is 3.27. The van der Waals surface area contributed by atoms with E-state index in [4.69, 9.17) is 11.6 Å². The molecule has 1 aromatic rings. The van der Waals surface area contributed by atoms with E-state index in [1.807, 2.05) is 0 Å². The zero-order valence-electron chi connectivity index (χ0n) is 12.7. The highest BCUT2D eigenvalue weighted by molar-refractivity contribution is 7.09. The van der Waals surface area contributed by atoms with Gasteiger partial charge in [-0.25, -0.2) is 4.98 Å². The lowest BCUT2D eigenvalue weighted by Crippen LogP contribution is -2.48. The molecule has 6 heteroatoms. The van der Waals surface area contributed by atoms with Crippen molar-refractivity contribution in [1.82, 2.24) is 19.7 Å². The van der Waals surface area contributed by atoms with E-state index in [9.17, 15) is 0 Å². The van der Waals surface area contributed by atoms with E-state index in [0.717, 1.165) is 38.4 Å². The van der Waals surface area contributed by atoms with Crippen LogP contribution in [0.3, 0.4) is 0 Å². The number of hydrogen-bond acceptors (Lipinski definition) is 5. The van der Waals surface area contributed by atoms with Gasteiger partial charge in [0.15, 0.2) is 0 Å². The Bertz CT molecular complexity index is 402. The van der Waals surface area contributed by atoms with Crippen LogP contribution < -0.4 is 0 Å². The summed E-state index contributed by atoms with van der Waals surface area (Å²) in [4.78, 5) is 11.9. The number of likely N-dealkylation sites (N-methyl/N-ethyl adjacent to an activating group) is 1. The molecular weight excluding hydrogens is 292 g/mol. The molecule has 0 aliphatic carbocycles. The molecule has 0 radical (unpaired) electrons. The van der Waals surface area contributed by atoms with E-state index in [0.29, 0.717) is 11.9 Å². The van der Waals surface area contributed by atoms with Crippen LogP contribution in [0.2, 0.25) is 0 Å². The van der Waals surface area contributed by atoms with E-state index >= 15 is 0 Å². The Hall–Kier alpha value is -0.200. The first-order valence-electron chi connectivity index (χ1n) is 7.21. The molecule has 1 aliphatic heterocycles. The molecule has 0 saturated carbocycles. The van der Waals surface area contributed by atoms with Crippen LogP contribution in [0.4, 0.5) is 0 Å². The molecule has 1 unspecified atom stereocenters. The Morgan fingerprint density at radius 3 is 2.60 bits per heavy atom. The number of alkyl halides is 1. The molecule has 0 amide bonds. The minimum atomic E-state index is 0.410. The first-order valence-corrected chi connectivity index (χ1v) is 8.63. The quantitative estimate of drug-likeness (QED) is 0.750. The normalized spacial score (nSPS) is 19.6. The lowest BCUT2D eigenvalue weighted by molar-refractivity contribution is 0.0974. The van der Waals surface area contributed by atoms with Crippen molar-refractivity contribution in [2.45, 2.75) is 18.8 Å². The Balaban J connectivity index is 1.80. The Labute approximate surface area is 131 Å². The van der Waals surface area contributed by atoms with Gasteiger partial charge < -0.3 is 4.90 Å². The highest BCUT2D eigenvalue weighted by Crippen LogP contribution is 2.25. The maximum absolute atomic E-state index is 5.83. The van der Waals surface area contributed by atoms with Gasteiger partial charge >= 0.3 is 0 Å². The molecule has 20 heavy (non-hydrogen) atoms. The van der Waals surface area contributed by atoms with E-state index in [-0.39, 0.29) is 0 Å². The fourth-order valence-electron chi connectivity index (χ4n) is 2.45. The Morgan fingerprint density at radius 1 is 1.35 bits per heavy atom. The molecule has 4 nitrogen and oxygen atoms in total. The molecule has 0 spiro atoms. The molecule has 1 fully saturated rings. The minimum Gasteiger partial charge on any atom is -0.308 e. The lowest BCUT2D eigenvalue weighted by Gasteiger charge is -2.37. The van der Waals surface area contributed by atoms with Crippen molar-refractivity contribution < 1.29 is 0 Å². The first-order chi connectivity index (χ1) is 9.60. The number of thiazole rings is 1. The van der Waals surface area contributed by atoms with Crippen LogP contribution in [0.15, 0.2) is 5.38 Å². The molecule has 0 N–H and O–H groups in total. The molecular formula is C14H25ClN4S. The van der Waals surface area contributed by atoms with Crippen molar-refractivity contribution in [3.8, 4) is 0 Å². The molecule has 0 bridgehead atoms. The average molecular weight is 317 g/mol. The molecule has 114 valence electrons. The van der Waals surface area contributed by atoms with Crippen molar-refractivity contribution in [3.05, 3.63) is 16.1 Å². The second kappa shape index (κ2) is 7.71. The maximum atomic E-state index is 5.83. The summed E-state index contributed by atoms with van der Waals surface area (Å²) in [5.74, 6) is 0.515. The summed E-state index contributed by atoms with van der Waals surface area (Å²) in [6.07, 6.45) is 0. The van der Waals surface area contributed by atoms with Crippen LogP contribution in [0.1, 0.15) is 23.7 Å². The Kier molecular flexibility index (Phi) is 6.23. The topological polar surface area (TPSA) is 22.6 Å². The molecule has 0 aromatic carbocycles.